The number of para-hydroxylation sites is 1. The Balaban J connectivity index is 1.51. The van der Waals surface area contributed by atoms with E-state index in [1.165, 1.54) is 12.1 Å². The summed E-state index contributed by atoms with van der Waals surface area (Å²) in [6, 6.07) is 9.11. The van der Waals surface area contributed by atoms with Gasteiger partial charge in [0.2, 0.25) is 0 Å². The second-order valence-corrected chi connectivity index (χ2v) is 7.77. The number of benzene rings is 2. The average molecular weight is 430 g/mol. The van der Waals surface area contributed by atoms with Gasteiger partial charge >= 0.3 is 6.18 Å². The number of amides is 2. The molecule has 0 spiro atoms. The molecule has 1 N–H and O–H groups in total. The Labute approximate surface area is 177 Å². The van der Waals surface area contributed by atoms with E-state index >= 15 is 0 Å². The molecule has 2 heterocycles. The van der Waals surface area contributed by atoms with Crippen LogP contribution in [-0.4, -0.2) is 29.3 Å². The smallest absolute Gasteiger partial charge is 0.336 e. The van der Waals surface area contributed by atoms with Crippen LogP contribution in [0.3, 0.4) is 0 Å². The van der Waals surface area contributed by atoms with Gasteiger partial charge in [-0.15, -0.1) is 0 Å². The number of piperidine rings is 1. The van der Waals surface area contributed by atoms with Gasteiger partial charge in [0.05, 0.1) is 16.9 Å². The first-order chi connectivity index (χ1) is 14.8. The van der Waals surface area contributed by atoms with E-state index in [4.69, 9.17) is 0 Å². The van der Waals surface area contributed by atoms with E-state index < -0.39 is 23.7 Å². The fraction of sp³-hybridized carbons (Fsp3) is 0.364. The molecule has 2 aromatic rings. The van der Waals surface area contributed by atoms with Gasteiger partial charge in [-0.05, 0) is 56.5 Å². The number of nitrogens with one attached hydrogen (secondary N) is 1. The Hall–Kier alpha value is -3.23. The molecule has 0 bridgehead atoms. The molecular formula is C22H21F3N4O2. The first kappa shape index (κ1) is 21.0. The topological polar surface area (TPSA) is 74.1 Å². The van der Waals surface area contributed by atoms with Crippen LogP contribution >= 0.6 is 0 Å². The zero-order valence-electron chi connectivity index (χ0n) is 16.8. The van der Waals surface area contributed by atoms with E-state index in [1.54, 1.807) is 24.3 Å². The van der Waals surface area contributed by atoms with Gasteiger partial charge < -0.3 is 10.2 Å². The molecule has 2 aliphatic heterocycles. The van der Waals surface area contributed by atoms with Crippen molar-refractivity contribution in [3.63, 3.8) is 0 Å². The van der Waals surface area contributed by atoms with Crippen LogP contribution in [0.2, 0.25) is 0 Å². The van der Waals surface area contributed by atoms with Gasteiger partial charge in [-0.1, -0.05) is 12.1 Å². The fourth-order valence-electron chi connectivity index (χ4n) is 3.98. The largest absolute Gasteiger partial charge is 0.418 e. The molecule has 9 heteroatoms. The van der Waals surface area contributed by atoms with Gasteiger partial charge in [-0.25, -0.2) is 0 Å². The number of nitrogens with zero attached hydrogens (tertiary/aromatic N) is 3. The molecule has 6 nitrogen and oxygen atoms in total. The number of halogens is 3. The quantitative estimate of drug-likeness (QED) is 0.653. The van der Waals surface area contributed by atoms with Gasteiger partial charge in [-0.3, -0.25) is 9.59 Å². The maximum Gasteiger partial charge on any atom is 0.418 e. The maximum absolute atomic E-state index is 13.2. The monoisotopic (exact) mass is 430 g/mol. The molecule has 162 valence electrons. The standard InChI is InChI=1S/C22H21F3N4O2/c1-13-5-2-3-12-29(13)21(31)14-8-10-15(11-9-14)27-28-19-16-6-4-7-17(22(23,24)25)18(16)26-20(19)30/h4,6-11,13,19H,2-3,5,12H2,1H3,(H,26,30). The summed E-state index contributed by atoms with van der Waals surface area (Å²) in [6.07, 6.45) is -1.49. The number of azo groups is 1. The zero-order valence-corrected chi connectivity index (χ0v) is 16.8. The molecule has 2 amide bonds. The van der Waals surface area contributed by atoms with Crippen LogP contribution < -0.4 is 5.32 Å². The normalized spacial score (nSPS) is 21.3. The van der Waals surface area contributed by atoms with Crippen molar-refractivity contribution in [3.8, 4) is 0 Å². The van der Waals surface area contributed by atoms with Gasteiger partial charge in [0.25, 0.3) is 11.8 Å². The van der Waals surface area contributed by atoms with Crippen molar-refractivity contribution in [2.45, 2.75) is 44.4 Å². The number of rotatable bonds is 3. The van der Waals surface area contributed by atoms with Crippen LogP contribution in [0.4, 0.5) is 24.5 Å². The molecule has 31 heavy (non-hydrogen) atoms. The number of likely N-dealkylation sites (tertiary alicyclic amines) is 1. The van der Waals surface area contributed by atoms with E-state index in [9.17, 15) is 22.8 Å². The van der Waals surface area contributed by atoms with Gasteiger partial charge in [0, 0.05) is 23.7 Å². The molecule has 4 rings (SSSR count). The predicted molar refractivity (Wildman–Crippen MR) is 108 cm³/mol. The van der Waals surface area contributed by atoms with Crippen LogP contribution in [0.15, 0.2) is 52.7 Å². The summed E-state index contributed by atoms with van der Waals surface area (Å²) in [5.41, 5.74) is -0.121. The highest BCUT2D eigenvalue weighted by molar-refractivity contribution is 6.03. The molecule has 2 aliphatic rings. The summed E-state index contributed by atoms with van der Waals surface area (Å²) in [6.45, 7) is 2.77. The second-order valence-electron chi connectivity index (χ2n) is 7.77. The van der Waals surface area contributed by atoms with Crippen molar-refractivity contribution in [1.82, 2.24) is 4.90 Å². The van der Waals surface area contributed by atoms with E-state index in [0.29, 0.717) is 11.3 Å². The molecular weight excluding hydrogens is 409 g/mol. The molecule has 1 saturated heterocycles. The van der Waals surface area contributed by atoms with Crippen molar-refractivity contribution in [3.05, 3.63) is 59.2 Å². The number of alkyl halides is 3. The van der Waals surface area contributed by atoms with Crippen molar-refractivity contribution in [2.75, 3.05) is 11.9 Å². The van der Waals surface area contributed by atoms with Crippen LogP contribution in [0.5, 0.6) is 0 Å². The summed E-state index contributed by atoms with van der Waals surface area (Å²) in [5, 5.41) is 10.2. The molecule has 2 unspecified atom stereocenters. The Morgan fingerprint density at radius 1 is 1.13 bits per heavy atom. The van der Waals surface area contributed by atoms with Crippen LogP contribution in [0.1, 0.15) is 53.7 Å². The lowest BCUT2D eigenvalue weighted by molar-refractivity contribution is -0.136. The first-order valence-electron chi connectivity index (χ1n) is 10.1. The lowest BCUT2D eigenvalue weighted by Gasteiger charge is -2.33. The third-order valence-electron chi connectivity index (χ3n) is 5.66. The number of carbonyl (C=O) groups excluding carboxylic acids is 2. The minimum absolute atomic E-state index is 0.0422. The van der Waals surface area contributed by atoms with E-state index in [0.717, 1.165) is 31.9 Å². The van der Waals surface area contributed by atoms with Crippen molar-refractivity contribution < 1.29 is 22.8 Å². The highest BCUT2D eigenvalue weighted by Gasteiger charge is 2.40. The molecule has 2 atom stereocenters. The number of carbonyl (C=O) groups is 2. The molecule has 1 fully saturated rings. The van der Waals surface area contributed by atoms with Crippen molar-refractivity contribution in [1.29, 1.82) is 0 Å². The lowest BCUT2D eigenvalue weighted by atomic mass is 10.0. The van der Waals surface area contributed by atoms with Crippen LogP contribution in [-0.2, 0) is 11.0 Å². The number of anilines is 1. The van der Waals surface area contributed by atoms with E-state index in [-0.39, 0.29) is 23.2 Å². The molecule has 0 aliphatic carbocycles. The highest BCUT2D eigenvalue weighted by Crippen LogP contribution is 2.43. The summed E-state index contributed by atoms with van der Waals surface area (Å²) >= 11 is 0. The summed E-state index contributed by atoms with van der Waals surface area (Å²) in [5.74, 6) is -0.708. The third-order valence-corrected chi connectivity index (χ3v) is 5.66. The number of hydrogen-bond acceptors (Lipinski definition) is 4. The Bertz CT molecular complexity index is 1030. The molecule has 2 aromatic carbocycles. The Morgan fingerprint density at radius 3 is 2.55 bits per heavy atom. The van der Waals surface area contributed by atoms with Crippen molar-refractivity contribution >= 4 is 23.2 Å². The van der Waals surface area contributed by atoms with Gasteiger partial charge in [0.15, 0.2) is 6.04 Å². The number of hydrogen-bond donors (Lipinski definition) is 1. The van der Waals surface area contributed by atoms with E-state index in [2.05, 4.69) is 15.5 Å². The van der Waals surface area contributed by atoms with Gasteiger partial charge in [0.1, 0.15) is 0 Å². The molecule has 0 saturated carbocycles. The predicted octanol–water partition coefficient (Wildman–Crippen LogP) is 5.50. The fourth-order valence-corrected chi connectivity index (χ4v) is 3.98. The number of fused-ring (bicyclic) bond motifs is 1. The van der Waals surface area contributed by atoms with Gasteiger partial charge in [-0.2, -0.15) is 23.4 Å². The highest BCUT2D eigenvalue weighted by atomic mass is 19.4. The zero-order chi connectivity index (χ0) is 22.2. The minimum Gasteiger partial charge on any atom is -0.336 e. The molecule has 0 aromatic heterocycles. The van der Waals surface area contributed by atoms with Crippen LogP contribution in [0, 0.1) is 0 Å². The Morgan fingerprint density at radius 2 is 1.87 bits per heavy atom. The maximum atomic E-state index is 13.2. The summed E-state index contributed by atoms with van der Waals surface area (Å²) in [4.78, 5) is 26.8. The SMILES string of the molecule is CC1CCCCN1C(=O)c1ccc(N=NC2C(=O)Nc3c2cccc3C(F)(F)F)cc1. The minimum atomic E-state index is -4.58. The Kier molecular flexibility index (Phi) is 5.51. The summed E-state index contributed by atoms with van der Waals surface area (Å²) < 4.78 is 39.5. The van der Waals surface area contributed by atoms with E-state index in [1.807, 2.05) is 11.8 Å². The lowest BCUT2D eigenvalue weighted by Crippen LogP contribution is -2.41. The second kappa shape index (κ2) is 8.13. The van der Waals surface area contributed by atoms with Crippen LogP contribution in [0.25, 0.3) is 0 Å². The third kappa shape index (κ3) is 4.17. The first-order valence-corrected chi connectivity index (χ1v) is 10.1. The summed E-state index contributed by atoms with van der Waals surface area (Å²) in [7, 11) is 0. The van der Waals surface area contributed by atoms with Crippen molar-refractivity contribution in [2.24, 2.45) is 10.2 Å². The average Bonchev–Trinajstić information content (AvgIpc) is 3.06. The molecule has 0 radical (unpaired) electrons.